The summed E-state index contributed by atoms with van der Waals surface area (Å²) < 4.78 is 5.40. The smallest absolute Gasteiger partial charge is 0.408 e. The molecule has 2 aromatic rings. The van der Waals surface area contributed by atoms with E-state index in [2.05, 4.69) is 54.4 Å². The largest absolute Gasteiger partial charge is 0.445 e. The van der Waals surface area contributed by atoms with Gasteiger partial charge in [-0.15, -0.1) is 0 Å². The third kappa shape index (κ3) is 6.83. The molecule has 0 spiro atoms. The molecule has 34 heavy (non-hydrogen) atoms. The summed E-state index contributed by atoms with van der Waals surface area (Å²) in [6.45, 7) is 8.85. The van der Waals surface area contributed by atoms with Crippen LogP contribution in [0.2, 0.25) is 0 Å². The Kier molecular flexibility index (Phi) is 8.22. The Labute approximate surface area is 203 Å². The van der Waals surface area contributed by atoms with E-state index < -0.39 is 12.1 Å². The van der Waals surface area contributed by atoms with Crippen LogP contribution in [0.4, 0.5) is 4.79 Å². The van der Waals surface area contributed by atoms with Gasteiger partial charge in [0.15, 0.2) is 0 Å². The lowest BCUT2D eigenvalue weighted by atomic mass is 9.84. The maximum absolute atomic E-state index is 13.5. The number of hydrogen-bond acceptors (Lipinski definition) is 4. The lowest BCUT2D eigenvalue weighted by molar-refractivity contribution is -0.138. The molecule has 2 amide bonds. The van der Waals surface area contributed by atoms with Crippen LogP contribution in [-0.4, -0.2) is 54.0 Å². The highest BCUT2D eigenvalue weighted by Crippen LogP contribution is 2.30. The van der Waals surface area contributed by atoms with Crippen molar-refractivity contribution in [3.05, 3.63) is 71.8 Å². The first kappa shape index (κ1) is 24.3. The van der Waals surface area contributed by atoms with E-state index >= 15 is 0 Å². The SMILES string of the molecule is CC(C)C[C@H](NC(=O)OCc1ccccc1)C(=O)N1CC2CC(CN(Cc3ccccc3)C2)C1. The Morgan fingerprint density at radius 1 is 0.912 bits per heavy atom. The van der Waals surface area contributed by atoms with Crippen LogP contribution in [0.25, 0.3) is 0 Å². The number of rotatable bonds is 8. The van der Waals surface area contributed by atoms with Crippen molar-refractivity contribution in [3.63, 3.8) is 0 Å². The first-order valence-electron chi connectivity index (χ1n) is 12.5. The average Bonchev–Trinajstić information content (AvgIpc) is 2.82. The zero-order chi connectivity index (χ0) is 23.9. The number of piperidine rings is 2. The highest BCUT2D eigenvalue weighted by atomic mass is 16.5. The Balaban J connectivity index is 1.32. The second kappa shape index (κ2) is 11.5. The minimum atomic E-state index is -0.553. The van der Waals surface area contributed by atoms with Gasteiger partial charge < -0.3 is 15.0 Å². The molecule has 2 heterocycles. The first-order chi connectivity index (χ1) is 16.5. The summed E-state index contributed by atoms with van der Waals surface area (Å²) in [5.41, 5.74) is 2.26. The number of amides is 2. The van der Waals surface area contributed by atoms with E-state index in [1.807, 2.05) is 35.2 Å². The lowest BCUT2D eigenvalue weighted by Crippen LogP contribution is -2.57. The van der Waals surface area contributed by atoms with E-state index in [0.717, 1.165) is 38.3 Å². The van der Waals surface area contributed by atoms with Crippen molar-refractivity contribution in [2.75, 3.05) is 26.2 Å². The Morgan fingerprint density at radius 3 is 2.09 bits per heavy atom. The molecule has 2 saturated heterocycles. The molecule has 2 aliphatic heterocycles. The molecule has 4 rings (SSSR count). The summed E-state index contributed by atoms with van der Waals surface area (Å²) in [4.78, 5) is 30.5. The molecule has 0 aromatic heterocycles. The predicted octanol–water partition coefficient (Wildman–Crippen LogP) is 4.31. The van der Waals surface area contributed by atoms with Crippen molar-refractivity contribution in [2.45, 2.75) is 45.9 Å². The van der Waals surface area contributed by atoms with Gasteiger partial charge in [-0.05, 0) is 41.7 Å². The summed E-state index contributed by atoms with van der Waals surface area (Å²) in [6, 6.07) is 19.6. The predicted molar refractivity (Wildman–Crippen MR) is 133 cm³/mol. The van der Waals surface area contributed by atoms with Gasteiger partial charge in [0.05, 0.1) is 0 Å². The van der Waals surface area contributed by atoms with E-state index in [4.69, 9.17) is 4.74 Å². The monoisotopic (exact) mass is 463 g/mol. The number of hydrogen-bond donors (Lipinski definition) is 1. The third-order valence-electron chi connectivity index (χ3n) is 6.73. The van der Waals surface area contributed by atoms with E-state index in [1.54, 1.807) is 0 Å². The van der Waals surface area contributed by atoms with Gasteiger partial charge in [-0.3, -0.25) is 9.69 Å². The van der Waals surface area contributed by atoms with Crippen LogP contribution >= 0.6 is 0 Å². The third-order valence-corrected chi connectivity index (χ3v) is 6.73. The number of nitrogens with zero attached hydrogens (tertiary/aromatic N) is 2. The maximum Gasteiger partial charge on any atom is 0.408 e. The highest BCUT2D eigenvalue weighted by molar-refractivity contribution is 5.85. The Morgan fingerprint density at radius 2 is 1.50 bits per heavy atom. The Bertz CT molecular complexity index is 920. The Hall–Kier alpha value is -2.86. The van der Waals surface area contributed by atoms with Crippen LogP contribution in [0.1, 0.15) is 37.8 Å². The number of likely N-dealkylation sites (tertiary alicyclic amines) is 2. The zero-order valence-corrected chi connectivity index (χ0v) is 20.4. The molecular formula is C28H37N3O3. The van der Waals surface area contributed by atoms with Crippen molar-refractivity contribution in [1.29, 1.82) is 0 Å². The molecule has 0 aliphatic carbocycles. The number of carbonyl (C=O) groups is 2. The van der Waals surface area contributed by atoms with E-state index in [0.29, 0.717) is 18.3 Å². The summed E-state index contributed by atoms with van der Waals surface area (Å²) in [5, 5.41) is 2.86. The van der Waals surface area contributed by atoms with Crippen molar-refractivity contribution in [2.24, 2.45) is 17.8 Å². The fourth-order valence-corrected chi connectivity index (χ4v) is 5.36. The molecular weight excluding hydrogens is 426 g/mol. The van der Waals surface area contributed by atoms with E-state index in [9.17, 15) is 9.59 Å². The van der Waals surface area contributed by atoms with Crippen molar-refractivity contribution in [3.8, 4) is 0 Å². The molecule has 2 aliphatic rings. The van der Waals surface area contributed by atoms with Gasteiger partial charge in [0.2, 0.25) is 5.91 Å². The molecule has 2 fully saturated rings. The van der Waals surface area contributed by atoms with Gasteiger partial charge in [-0.1, -0.05) is 74.5 Å². The van der Waals surface area contributed by atoms with Gasteiger partial charge >= 0.3 is 6.09 Å². The van der Waals surface area contributed by atoms with E-state index in [1.165, 1.54) is 12.0 Å². The minimum absolute atomic E-state index is 0.0246. The zero-order valence-electron chi connectivity index (χ0n) is 20.4. The standard InChI is InChI=1S/C28H37N3O3/c1-21(2)13-26(29-28(33)34-20-23-11-7-4-8-12-23)27(32)31-18-24-14-25(19-31)17-30(16-24)15-22-9-5-3-6-10-22/h3-12,21,24-26H,13-20H2,1-2H3,(H,29,33)/t24?,25?,26-/m0/s1. The molecule has 0 saturated carbocycles. The van der Waals surface area contributed by atoms with Crippen molar-refractivity contribution >= 4 is 12.0 Å². The molecule has 2 aromatic carbocycles. The number of nitrogens with one attached hydrogen (secondary N) is 1. The molecule has 2 bridgehead atoms. The van der Waals surface area contributed by atoms with Gasteiger partial charge in [0, 0.05) is 32.7 Å². The van der Waals surface area contributed by atoms with Crippen LogP contribution in [0.3, 0.4) is 0 Å². The fraction of sp³-hybridized carbons (Fsp3) is 0.500. The van der Waals surface area contributed by atoms with Crippen molar-refractivity contribution < 1.29 is 14.3 Å². The molecule has 2 unspecified atom stereocenters. The minimum Gasteiger partial charge on any atom is -0.445 e. The van der Waals surface area contributed by atoms with Gasteiger partial charge in [0.25, 0.3) is 0 Å². The quantitative estimate of drug-likeness (QED) is 0.634. The summed E-state index contributed by atoms with van der Waals surface area (Å²) in [6.07, 6.45) is 1.25. The lowest BCUT2D eigenvalue weighted by Gasteiger charge is -2.46. The summed E-state index contributed by atoms with van der Waals surface area (Å²) in [5.74, 6) is 1.26. The highest BCUT2D eigenvalue weighted by Gasteiger charge is 2.38. The van der Waals surface area contributed by atoms with Crippen LogP contribution in [0.15, 0.2) is 60.7 Å². The fourth-order valence-electron chi connectivity index (χ4n) is 5.36. The molecule has 1 N–H and O–H groups in total. The van der Waals surface area contributed by atoms with Crippen LogP contribution in [0, 0.1) is 17.8 Å². The van der Waals surface area contributed by atoms with E-state index in [-0.39, 0.29) is 18.4 Å². The number of fused-ring (bicyclic) bond motifs is 2. The van der Waals surface area contributed by atoms with Gasteiger partial charge in [0.1, 0.15) is 12.6 Å². The summed E-state index contributed by atoms with van der Waals surface area (Å²) in [7, 11) is 0. The van der Waals surface area contributed by atoms with Crippen LogP contribution in [0.5, 0.6) is 0 Å². The first-order valence-corrected chi connectivity index (χ1v) is 12.5. The van der Waals surface area contributed by atoms with Crippen LogP contribution in [-0.2, 0) is 22.7 Å². The summed E-state index contributed by atoms with van der Waals surface area (Å²) >= 11 is 0. The topological polar surface area (TPSA) is 61.9 Å². The normalized spacial score (nSPS) is 21.2. The van der Waals surface area contributed by atoms with Crippen LogP contribution < -0.4 is 5.32 Å². The molecule has 0 radical (unpaired) electrons. The molecule has 3 atom stereocenters. The number of carbonyl (C=O) groups excluding carboxylic acids is 2. The number of benzene rings is 2. The average molecular weight is 464 g/mol. The van der Waals surface area contributed by atoms with Gasteiger partial charge in [-0.2, -0.15) is 0 Å². The molecule has 6 nitrogen and oxygen atoms in total. The number of alkyl carbamates (subject to hydrolysis) is 1. The maximum atomic E-state index is 13.5. The molecule has 6 heteroatoms. The second-order valence-electron chi connectivity index (χ2n) is 10.3. The van der Waals surface area contributed by atoms with Gasteiger partial charge in [-0.25, -0.2) is 4.79 Å². The molecule has 182 valence electrons. The second-order valence-corrected chi connectivity index (χ2v) is 10.3. The van der Waals surface area contributed by atoms with Crippen molar-refractivity contribution in [1.82, 2.24) is 15.1 Å². The number of ether oxygens (including phenoxy) is 1.